The summed E-state index contributed by atoms with van der Waals surface area (Å²) in [4.78, 5) is 4.70. The number of imidazole rings is 1. The molecule has 0 fully saturated rings. The van der Waals surface area contributed by atoms with Crippen LogP contribution < -0.4 is 0 Å². The minimum atomic E-state index is -0.0570. The maximum absolute atomic E-state index is 9.01. The molecule has 0 aliphatic rings. The summed E-state index contributed by atoms with van der Waals surface area (Å²) in [5.74, 6) is 0. The molecule has 0 amide bonds. The fraction of sp³-hybridized carbons (Fsp3) is 0.429. The molecule has 0 N–H and O–H groups in total. The Hall–Kier alpha value is -1.34. The summed E-state index contributed by atoms with van der Waals surface area (Å²) in [6.07, 6.45) is 2.38. The van der Waals surface area contributed by atoms with E-state index in [0.717, 1.165) is 27.1 Å². The lowest BCUT2D eigenvalue weighted by atomic mass is 9.90. The van der Waals surface area contributed by atoms with Gasteiger partial charge in [0.25, 0.3) is 0 Å². The number of fused-ring (bicyclic) bond motifs is 1. The van der Waals surface area contributed by atoms with E-state index in [-0.39, 0.29) is 5.41 Å². The molecule has 0 aliphatic carbocycles. The molecule has 3 nitrogen and oxygen atoms in total. The summed E-state index contributed by atoms with van der Waals surface area (Å²) >= 11 is 3.53. The monoisotopic (exact) mass is 305 g/mol. The van der Waals surface area contributed by atoms with E-state index < -0.39 is 0 Å². The van der Waals surface area contributed by atoms with Crippen LogP contribution in [-0.4, -0.2) is 9.38 Å². The van der Waals surface area contributed by atoms with Gasteiger partial charge < -0.3 is 4.40 Å². The Bertz CT molecular complexity index is 642. The van der Waals surface area contributed by atoms with Crippen molar-refractivity contribution in [2.45, 2.75) is 39.5 Å². The molecule has 0 bridgehead atoms. The van der Waals surface area contributed by atoms with Gasteiger partial charge in [0.15, 0.2) is 0 Å². The highest BCUT2D eigenvalue weighted by molar-refractivity contribution is 9.10. The molecule has 0 atom stereocenters. The first-order chi connectivity index (χ1) is 8.34. The number of hydrogen-bond donors (Lipinski definition) is 0. The molecule has 0 saturated heterocycles. The summed E-state index contributed by atoms with van der Waals surface area (Å²) in [7, 11) is 0. The average Bonchev–Trinajstić information content (AvgIpc) is 2.58. The Morgan fingerprint density at radius 3 is 2.67 bits per heavy atom. The van der Waals surface area contributed by atoms with Gasteiger partial charge in [0.1, 0.15) is 5.65 Å². The van der Waals surface area contributed by atoms with Crippen LogP contribution in [0.5, 0.6) is 0 Å². The van der Waals surface area contributed by atoms with Gasteiger partial charge in [0.2, 0.25) is 0 Å². The third-order valence-electron chi connectivity index (χ3n) is 2.96. The fourth-order valence-corrected chi connectivity index (χ4v) is 2.37. The Morgan fingerprint density at radius 2 is 2.11 bits per heavy atom. The van der Waals surface area contributed by atoms with E-state index in [0.29, 0.717) is 6.42 Å². The van der Waals surface area contributed by atoms with E-state index >= 15 is 0 Å². The number of aromatic nitrogens is 2. The zero-order valence-electron chi connectivity index (χ0n) is 11.1. The lowest BCUT2D eigenvalue weighted by molar-refractivity contribution is 0.566. The first kappa shape index (κ1) is 13.1. The number of nitriles is 1. The summed E-state index contributed by atoms with van der Waals surface area (Å²) in [6.45, 7) is 8.41. The molecule has 4 heteroatoms. The zero-order chi connectivity index (χ0) is 13.5. The predicted octanol–water partition coefficient (Wildman–Crippen LogP) is 3.77. The second-order valence-electron chi connectivity index (χ2n) is 5.52. The van der Waals surface area contributed by atoms with Gasteiger partial charge in [-0.1, -0.05) is 20.8 Å². The first-order valence-corrected chi connectivity index (χ1v) is 6.68. The fourth-order valence-electron chi connectivity index (χ4n) is 2.05. The van der Waals surface area contributed by atoms with Gasteiger partial charge in [-0.2, -0.15) is 5.26 Å². The Balaban J connectivity index is 2.80. The maximum Gasteiger partial charge on any atom is 0.137 e. The lowest BCUT2D eigenvalue weighted by Gasteiger charge is -2.16. The first-order valence-electron chi connectivity index (χ1n) is 5.89. The van der Waals surface area contributed by atoms with Crippen LogP contribution in [0.15, 0.2) is 16.7 Å². The molecule has 0 spiro atoms. The van der Waals surface area contributed by atoms with Crippen LogP contribution in [-0.2, 0) is 11.8 Å². The molecule has 0 aliphatic heterocycles. The third-order valence-corrected chi connectivity index (χ3v) is 3.79. The van der Waals surface area contributed by atoms with E-state index in [9.17, 15) is 0 Å². The molecule has 0 saturated carbocycles. The van der Waals surface area contributed by atoms with Gasteiger partial charge in [-0.25, -0.2) is 4.98 Å². The summed E-state index contributed by atoms with van der Waals surface area (Å²) in [6, 6.07) is 4.27. The van der Waals surface area contributed by atoms with Crippen LogP contribution in [0.4, 0.5) is 0 Å². The molecule has 2 aromatic heterocycles. The number of hydrogen-bond acceptors (Lipinski definition) is 2. The molecule has 0 radical (unpaired) electrons. The smallest absolute Gasteiger partial charge is 0.137 e. The van der Waals surface area contributed by atoms with Crippen molar-refractivity contribution in [3.05, 3.63) is 33.7 Å². The van der Waals surface area contributed by atoms with Crippen molar-refractivity contribution < 1.29 is 0 Å². The predicted molar refractivity (Wildman–Crippen MR) is 75.6 cm³/mol. The topological polar surface area (TPSA) is 41.1 Å². The normalized spacial score (nSPS) is 11.8. The number of aryl methyl sites for hydroxylation is 1. The Labute approximate surface area is 116 Å². The quantitative estimate of drug-likeness (QED) is 0.804. The molecular formula is C14H16BrN3. The van der Waals surface area contributed by atoms with E-state index in [4.69, 9.17) is 10.2 Å². The van der Waals surface area contributed by atoms with Gasteiger partial charge >= 0.3 is 0 Å². The van der Waals surface area contributed by atoms with Gasteiger partial charge in [-0.3, -0.25) is 0 Å². The highest BCUT2D eigenvalue weighted by Crippen LogP contribution is 2.28. The minimum absolute atomic E-state index is 0.0570. The maximum atomic E-state index is 9.01. The second kappa shape index (κ2) is 4.40. The standard InChI is InChI=1S/C14H16BrN3/c1-9-7-12-17-13(14(2,3)4)11(5-6-16)18(12)8-10(9)15/h7-8H,5H2,1-4H3. The van der Waals surface area contributed by atoms with Crippen molar-refractivity contribution in [2.24, 2.45) is 0 Å². The van der Waals surface area contributed by atoms with Crippen LogP contribution in [0.1, 0.15) is 37.7 Å². The van der Waals surface area contributed by atoms with Crippen LogP contribution in [0, 0.1) is 18.3 Å². The largest absolute Gasteiger partial charge is 0.302 e. The summed E-state index contributed by atoms with van der Waals surface area (Å²) < 4.78 is 3.05. The SMILES string of the molecule is Cc1cc2nc(C(C)(C)C)c(CC#N)n2cc1Br. The average molecular weight is 306 g/mol. The van der Waals surface area contributed by atoms with Crippen LogP contribution in [0.25, 0.3) is 5.65 Å². The number of rotatable bonds is 1. The number of nitrogens with zero attached hydrogens (tertiary/aromatic N) is 3. The minimum Gasteiger partial charge on any atom is -0.302 e. The van der Waals surface area contributed by atoms with E-state index in [1.807, 2.05) is 23.6 Å². The molecular weight excluding hydrogens is 290 g/mol. The molecule has 2 rings (SSSR count). The molecule has 2 aromatic rings. The van der Waals surface area contributed by atoms with Crippen molar-refractivity contribution in [1.29, 1.82) is 5.26 Å². The van der Waals surface area contributed by atoms with Crippen molar-refractivity contribution in [3.8, 4) is 6.07 Å². The van der Waals surface area contributed by atoms with E-state index in [1.165, 1.54) is 0 Å². The van der Waals surface area contributed by atoms with Crippen LogP contribution in [0.2, 0.25) is 0 Å². The summed E-state index contributed by atoms with van der Waals surface area (Å²) in [5, 5.41) is 9.01. The zero-order valence-corrected chi connectivity index (χ0v) is 12.7. The Morgan fingerprint density at radius 1 is 1.44 bits per heavy atom. The van der Waals surface area contributed by atoms with Gasteiger partial charge in [-0.05, 0) is 34.5 Å². The van der Waals surface area contributed by atoms with E-state index in [1.54, 1.807) is 0 Å². The third kappa shape index (κ3) is 2.15. The van der Waals surface area contributed by atoms with Crippen molar-refractivity contribution >= 4 is 21.6 Å². The second-order valence-corrected chi connectivity index (χ2v) is 6.38. The highest BCUT2D eigenvalue weighted by atomic mass is 79.9. The van der Waals surface area contributed by atoms with Crippen molar-refractivity contribution in [3.63, 3.8) is 0 Å². The van der Waals surface area contributed by atoms with E-state index in [2.05, 4.69) is 42.8 Å². The van der Waals surface area contributed by atoms with Gasteiger partial charge in [-0.15, -0.1) is 0 Å². The molecule has 18 heavy (non-hydrogen) atoms. The number of halogens is 1. The summed E-state index contributed by atoms with van der Waals surface area (Å²) in [5.41, 5.74) is 3.99. The van der Waals surface area contributed by atoms with Crippen LogP contribution >= 0.6 is 15.9 Å². The van der Waals surface area contributed by atoms with Gasteiger partial charge in [0.05, 0.1) is 23.9 Å². The van der Waals surface area contributed by atoms with Crippen LogP contribution in [0.3, 0.4) is 0 Å². The molecule has 94 valence electrons. The molecule has 0 unspecified atom stereocenters. The van der Waals surface area contributed by atoms with Crippen molar-refractivity contribution in [2.75, 3.05) is 0 Å². The Kier molecular flexibility index (Phi) is 3.20. The molecule has 0 aromatic carbocycles. The lowest BCUT2D eigenvalue weighted by Crippen LogP contribution is -2.14. The molecule has 2 heterocycles. The number of pyridine rings is 1. The van der Waals surface area contributed by atoms with Crippen molar-refractivity contribution in [1.82, 2.24) is 9.38 Å². The van der Waals surface area contributed by atoms with Gasteiger partial charge in [0, 0.05) is 16.1 Å². The highest BCUT2D eigenvalue weighted by Gasteiger charge is 2.23.